The van der Waals surface area contributed by atoms with Gasteiger partial charge in [-0.25, -0.2) is 0 Å². The van der Waals surface area contributed by atoms with Crippen LogP contribution in [-0.4, -0.2) is 45.5 Å². The van der Waals surface area contributed by atoms with Gasteiger partial charge < -0.3 is 24.3 Å². The Morgan fingerprint density at radius 2 is 1.47 bits per heavy atom. The molecule has 0 spiro atoms. The van der Waals surface area contributed by atoms with Crippen LogP contribution in [0.25, 0.3) is 10.8 Å². The Bertz CT molecular complexity index is 999. The summed E-state index contributed by atoms with van der Waals surface area (Å²) in [4.78, 5) is 12.7. The van der Waals surface area contributed by atoms with Gasteiger partial charge in [0.2, 0.25) is 5.91 Å². The first kappa shape index (κ1) is 20.2. The van der Waals surface area contributed by atoms with Crippen LogP contribution in [-0.2, 0) is 20.7 Å². The highest BCUT2D eigenvalue weighted by molar-refractivity contribution is 5.96. The van der Waals surface area contributed by atoms with Crippen molar-refractivity contribution in [1.29, 1.82) is 0 Å². The van der Waals surface area contributed by atoms with Gasteiger partial charge in [-0.1, -0.05) is 42.5 Å². The van der Waals surface area contributed by atoms with E-state index in [1.54, 1.807) is 12.1 Å². The summed E-state index contributed by atoms with van der Waals surface area (Å²) in [5.74, 6) is 1.10. The normalized spacial score (nSPS) is 15.1. The summed E-state index contributed by atoms with van der Waals surface area (Å²) in [6.07, 6.45) is 0.293. The lowest BCUT2D eigenvalue weighted by Crippen LogP contribution is -2.17. The van der Waals surface area contributed by atoms with Crippen LogP contribution < -0.4 is 14.8 Å². The van der Waals surface area contributed by atoms with Gasteiger partial charge in [0.25, 0.3) is 0 Å². The second-order valence-corrected chi connectivity index (χ2v) is 6.95. The van der Waals surface area contributed by atoms with Gasteiger partial charge in [-0.2, -0.15) is 0 Å². The van der Waals surface area contributed by atoms with E-state index in [-0.39, 0.29) is 5.91 Å². The maximum Gasteiger partial charge on any atom is 0.228 e. The number of carbonyl (C=O) groups is 1. The third-order valence-electron chi connectivity index (χ3n) is 4.80. The molecule has 0 saturated carbocycles. The predicted molar refractivity (Wildman–Crippen MR) is 115 cm³/mol. The van der Waals surface area contributed by atoms with E-state index in [4.69, 9.17) is 18.9 Å². The second-order valence-electron chi connectivity index (χ2n) is 6.95. The maximum atomic E-state index is 12.7. The number of nitrogens with one attached hydrogen (secondary N) is 1. The Morgan fingerprint density at radius 3 is 2.30 bits per heavy atom. The van der Waals surface area contributed by atoms with Crippen molar-refractivity contribution in [1.82, 2.24) is 0 Å². The summed E-state index contributed by atoms with van der Waals surface area (Å²) in [5.41, 5.74) is 1.65. The van der Waals surface area contributed by atoms with E-state index in [1.165, 1.54) is 0 Å². The minimum absolute atomic E-state index is 0.0860. The van der Waals surface area contributed by atoms with Crippen LogP contribution in [0.4, 0.5) is 5.69 Å². The molecule has 0 aromatic heterocycles. The molecular weight excluding hydrogens is 382 g/mol. The summed E-state index contributed by atoms with van der Waals surface area (Å²) in [6.45, 7) is 2.82. The van der Waals surface area contributed by atoms with E-state index in [1.807, 2.05) is 48.5 Å². The van der Waals surface area contributed by atoms with Gasteiger partial charge in [0.1, 0.15) is 13.2 Å². The van der Waals surface area contributed by atoms with Gasteiger partial charge in [-0.15, -0.1) is 0 Å². The number of fused-ring (bicyclic) bond motifs is 2. The van der Waals surface area contributed by atoms with Crippen molar-refractivity contribution < 1.29 is 23.7 Å². The monoisotopic (exact) mass is 407 g/mol. The largest absolute Gasteiger partial charge is 0.487 e. The number of anilines is 1. The molecule has 1 aliphatic rings. The zero-order chi connectivity index (χ0) is 20.6. The van der Waals surface area contributed by atoms with Gasteiger partial charge in [0, 0.05) is 11.8 Å². The summed E-state index contributed by atoms with van der Waals surface area (Å²) >= 11 is 0. The number of benzene rings is 3. The topological polar surface area (TPSA) is 66.0 Å². The van der Waals surface area contributed by atoms with Crippen LogP contribution in [0.1, 0.15) is 5.56 Å². The van der Waals surface area contributed by atoms with Crippen molar-refractivity contribution in [3.8, 4) is 11.5 Å². The SMILES string of the molecule is O=C(Cc1cccc2ccccc12)Nc1ccc2c(c1)OCCOCCOCCO2. The molecule has 3 aromatic rings. The summed E-state index contributed by atoms with van der Waals surface area (Å²) < 4.78 is 22.5. The van der Waals surface area contributed by atoms with Gasteiger partial charge in [0.05, 0.1) is 32.8 Å². The van der Waals surface area contributed by atoms with Crippen LogP contribution in [0.3, 0.4) is 0 Å². The van der Waals surface area contributed by atoms with E-state index in [2.05, 4.69) is 5.32 Å². The molecule has 6 heteroatoms. The average Bonchev–Trinajstić information content (AvgIpc) is 2.75. The molecule has 0 unspecified atom stereocenters. The average molecular weight is 407 g/mol. The van der Waals surface area contributed by atoms with Crippen LogP contribution in [0, 0.1) is 0 Å². The predicted octanol–water partition coefficient (Wildman–Crippen LogP) is 3.83. The molecule has 156 valence electrons. The molecule has 1 heterocycles. The van der Waals surface area contributed by atoms with E-state index < -0.39 is 0 Å². The fourth-order valence-corrected chi connectivity index (χ4v) is 3.39. The van der Waals surface area contributed by atoms with Crippen molar-refractivity contribution in [2.24, 2.45) is 0 Å². The number of ether oxygens (including phenoxy) is 4. The summed E-state index contributed by atoms with van der Waals surface area (Å²) in [7, 11) is 0. The first-order chi connectivity index (χ1) is 14.8. The zero-order valence-electron chi connectivity index (χ0n) is 16.8. The van der Waals surface area contributed by atoms with Crippen molar-refractivity contribution >= 4 is 22.4 Å². The van der Waals surface area contributed by atoms with E-state index >= 15 is 0 Å². The molecule has 0 bridgehead atoms. The molecule has 30 heavy (non-hydrogen) atoms. The molecular formula is C24H25NO5. The van der Waals surface area contributed by atoms with Crippen molar-refractivity contribution in [2.45, 2.75) is 6.42 Å². The molecule has 6 nitrogen and oxygen atoms in total. The standard InChI is InChI=1S/C24H25NO5/c26-24(16-19-6-3-5-18-4-1-2-7-21(18)19)25-20-8-9-22-23(17-20)30-15-13-28-11-10-27-12-14-29-22/h1-9,17H,10-16H2,(H,25,26). The molecule has 0 aliphatic carbocycles. The van der Waals surface area contributed by atoms with Crippen LogP contribution in [0.15, 0.2) is 60.7 Å². The van der Waals surface area contributed by atoms with E-state index in [9.17, 15) is 4.79 Å². The number of hydrogen-bond donors (Lipinski definition) is 1. The smallest absolute Gasteiger partial charge is 0.228 e. The lowest BCUT2D eigenvalue weighted by Gasteiger charge is -2.16. The number of amides is 1. The Kier molecular flexibility index (Phi) is 6.79. The lowest BCUT2D eigenvalue weighted by atomic mass is 10.0. The lowest BCUT2D eigenvalue weighted by molar-refractivity contribution is -0.115. The number of hydrogen-bond acceptors (Lipinski definition) is 5. The van der Waals surface area contributed by atoms with Gasteiger partial charge in [-0.05, 0) is 28.5 Å². The molecule has 0 fully saturated rings. The molecule has 0 atom stereocenters. The van der Waals surface area contributed by atoms with Crippen LogP contribution >= 0.6 is 0 Å². The molecule has 1 aliphatic heterocycles. The third kappa shape index (κ3) is 5.28. The minimum atomic E-state index is -0.0860. The summed E-state index contributed by atoms with van der Waals surface area (Å²) in [5, 5.41) is 5.17. The fourth-order valence-electron chi connectivity index (χ4n) is 3.39. The van der Waals surface area contributed by atoms with Crippen molar-refractivity contribution in [3.63, 3.8) is 0 Å². The molecule has 0 radical (unpaired) electrons. The maximum absolute atomic E-state index is 12.7. The molecule has 1 amide bonds. The van der Waals surface area contributed by atoms with Crippen LogP contribution in [0.2, 0.25) is 0 Å². The highest BCUT2D eigenvalue weighted by Crippen LogP contribution is 2.31. The highest BCUT2D eigenvalue weighted by Gasteiger charge is 2.12. The van der Waals surface area contributed by atoms with E-state index in [0.717, 1.165) is 16.3 Å². The van der Waals surface area contributed by atoms with Crippen LogP contribution in [0.5, 0.6) is 11.5 Å². The Labute approximate surface area is 175 Å². The van der Waals surface area contributed by atoms with Gasteiger partial charge >= 0.3 is 0 Å². The van der Waals surface area contributed by atoms with Gasteiger partial charge in [0.15, 0.2) is 11.5 Å². The first-order valence-corrected chi connectivity index (χ1v) is 10.1. The van der Waals surface area contributed by atoms with Gasteiger partial charge in [-0.3, -0.25) is 4.79 Å². The Morgan fingerprint density at radius 1 is 0.767 bits per heavy atom. The second kappa shape index (κ2) is 10.1. The summed E-state index contributed by atoms with van der Waals surface area (Å²) in [6, 6.07) is 19.5. The van der Waals surface area contributed by atoms with E-state index in [0.29, 0.717) is 63.2 Å². The fraction of sp³-hybridized carbons (Fsp3) is 0.292. The Hall–Kier alpha value is -3.09. The molecule has 1 N–H and O–H groups in total. The molecule has 4 rings (SSSR count). The minimum Gasteiger partial charge on any atom is -0.487 e. The Balaban J connectivity index is 1.46. The zero-order valence-corrected chi connectivity index (χ0v) is 16.8. The van der Waals surface area contributed by atoms with Crippen molar-refractivity contribution in [3.05, 3.63) is 66.2 Å². The number of carbonyl (C=O) groups excluding carboxylic acids is 1. The third-order valence-corrected chi connectivity index (χ3v) is 4.80. The quantitative estimate of drug-likeness (QED) is 0.715. The number of rotatable bonds is 3. The van der Waals surface area contributed by atoms with Crippen molar-refractivity contribution in [2.75, 3.05) is 45.0 Å². The molecule has 0 saturated heterocycles. The molecule has 3 aromatic carbocycles. The highest BCUT2D eigenvalue weighted by atomic mass is 16.6. The first-order valence-electron chi connectivity index (χ1n) is 10.1.